The molecule has 1 aromatic carbocycles. The lowest BCUT2D eigenvalue weighted by Crippen LogP contribution is -2.16. The van der Waals surface area contributed by atoms with Crippen molar-refractivity contribution in [1.29, 1.82) is 0 Å². The van der Waals surface area contributed by atoms with Gasteiger partial charge in [0.2, 0.25) is 0 Å². The molecule has 1 aliphatic rings. The summed E-state index contributed by atoms with van der Waals surface area (Å²) in [7, 11) is 0. The van der Waals surface area contributed by atoms with Crippen molar-refractivity contribution < 1.29 is 9.47 Å². The van der Waals surface area contributed by atoms with E-state index in [2.05, 4.69) is 35.8 Å². The molecule has 1 unspecified atom stereocenters. The molecule has 16 heavy (non-hydrogen) atoms. The van der Waals surface area contributed by atoms with Crippen LogP contribution < -0.4 is 4.74 Å². The third-order valence-corrected chi connectivity index (χ3v) is 3.27. The SMILES string of the molecule is CC(C)c1cc(Br)ccc1OC1CCOC1. The van der Waals surface area contributed by atoms with Crippen molar-refractivity contribution >= 4 is 15.9 Å². The van der Waals surface area contributed by atoms with Gasteiger partial charge in [-0.25, -0.2) is 0 Å². The standard InChI is InChI=1S/C13H17BrO2/c1-9(2)12-7-10(14)3-4-13(12)16-11-5-6-15-8-11/h3-4,7,9,11H,5-6,8H2,1-2H3. The van der Waals surface area contributed by atoms with Crippen molar-refractivity contribution in [2.45, 2.75) is 32.3 Å². The third kappa shape index (κ3) is 2.77. The van der Waals surface area contributed by atoms with Gasteiger partial charge in [0.05, 0.1) is 13.2 Å². The molecule has 2 nitrogen and oxygen atoms in total. The molecule has 0 radical (unpaired) electrons. The van der Waals surface area contributed by atoms with Gasteiger partial charge in [0.25, 0.3) is 0 Å². The van der Waals surface area contributed by atoms with E-state index in [1.165, 1.54) is 5.56 Å². The van der Waals surface area contributed by atoms with Crippen molar-refractivity contribution in [3.63, 3.8) is 0 Å². The molecule has 1 fully saturated rings. The highest BCUT2D eigenvalue weighted by atomic mass is 79.9. The Morgan fingerprint density at radius 2 is 2.25 bits per heavy atom. The molecule has 1 saturated heterocycles. The molecule has 0 amide bonds. The molecule has 0 N–H and O–H groups in total. The van der Waals surface area contributed by atoms with E-state index < -0.39 is 0 Å². The summed E-state index contributed by atoms with van der Waals surface area (Å²) < 4.78 is 12.4. The zero-order valence-electron chi connectivity index (χ0n) is 9.70. The predicted molar refractivity (Wildman–Crippen MR) is 68.1 cm³/mol. The third-order valence-electron chi connectivity index (χ3n) is 2.78. The monoisotopic (exact) mass is 284 g/mol. The van der Waals surface area contributed by atoms with Crippen LogP contribution in [0.15, 0.2) is 22.7 Å². The van der Waals surface area contributed by atoms with Gasteiger partial charge >= 0.3 is 0 Å². The van der Waals surface area contributed by atoms with Crippen molar-refractivity contribution in [2.75, 3.05) is 13.2 Å². The minimum Gasteiger partial charge on any atom is -0.488 e. The van der Waals surface area contributed by atoms with Crippen LogP contribution in [0.4, 0.5) is 0 Å². The van der Waals surface area contributed by atoms with Gasteiger partial charge in [-0.05, 0) is 29.7 Å². The summed E-state index contributed by atoms with van der Waals surface area (Å²) in [6, 6.07) is 6.20. The number of ether oxygens (including phenoxy) is 2. The lowest BCUT2D eigenvalue weighted by Gasteiger charge is -2.17. The summed E-state index contributed by atoms with van der Waals surface area (Å²) >= 11 is 3.50. The fourth-order valence-corrected chi connectivity index (χ4v) is 2.24. The number of hydrogen-bond donors (Lipinski definition) is 0. The fraction of sp³-hybridized carbons (Fsp3) is 0.538. The van der Waals surface area contributed by atoms with Crippen molar-refractivity contribution in [3.05, 3.63) is 28.2 Å². The molecule has 0 bridgehead atoms. The van der Waals surface area contributed by atoms with Gasteiger partial charge in [-0.1, -0.05) is 29.8 Å². The van der Waals surface area contributed by atoms with E-state index in [1.807, 2.05) is 12.1 Å². The Hall–Kier alpha value is -0.540. The van der Waals surface area contributed by atoms with Crippen molar-refractivity contribution in [2.24, 2.45) is 0 Å². The van der Waals surface area contributed by atoms with E-state index in [0.29, 0.717) is 12.5 Å². The molecule has 2 rings (SSSR count). The van der Waals surface area contributed by atoms with Gasteiger partial charge in [-0.15, -0.1) is 0 Å². The molecule has 0 aromatic heterocycles. The van der Waals surface area contributed by atoms with Crippen LogP contribution in [0, 0.1) is 0 Å². The number of rotatable bonds is 3. The zero-order chi connectivity index (χ0) is 11.5. The second-order valence-corrected chi connectivity index (χ2v) is 5.36. The average Bonchev–Trinajstić information content (AvgIpc) is 2.73. The minimum atomic E-state index is 0.221. The predicted octanol–water partition coefficient (Wildman–Crippen LogP) is 3.74. The minimum absolute atomic E-state index is 0.221. The molecule has 1 atom stereocenters. The summed E-state index contributed by atoms with van der Waals surface area (Å²) in [6.45, 7) is 5.89. The first-order valence-electron chi connectivity index (χ1n) is 5.70. The van der Waals surface area contributed by atoms with Crippen LogP contribution in [-0.2, 0) is 4.74 Å². The van der Waals surface area contributed by atoms with E-state index in [9.17, 15) is 0 Å². The molecule has 1 aromatic rings. The largest absolute Gasteiger partial charge is 0.488 e. The number of halogens is 1. The van der Waals surface area contributed by atoms with Gasteiger partial charge in [0, 0.05) is 10.9 Å². The van der Waals surface area contributed by atoms with Gasteiger partial charge in [0.1, 0.15) is 11.9 Å². The first-order valence-corrected chi connectivity index (χ1v) is 6.50. The quantitative estimate of drug-likeness (QED) is 0.842. The highest BCUT2D eigenvalue weighted by molar-refractivity contribution is 9.10. The van der Waals surface area contributed by atoms with Crippen LogP contribution in [-0.4, -0.2) is 19.3 Å². The van der Waals surface area contributed by atoms with Gasteiger partial charge < -0.3 is 9.47 Å². The van der Waals surface area contributed by atoms with Crippen LogP contribution >= 0.6 is 15.9 Å². The summed E-state index contributed by atoms with van der Waals surface area (Å²) in [4.78, 5) is 0. The summed E-state index contributed by atoms with van der Waals surface area (Å²) in [5.74, 6) is 1.46. The van der Waals surface area contributed by atoms with Crippen LogP contribution in [0.2, 0.25) is 0 Å². The lowest BCUT2D eigenvalue weighted by atomic mass is 10.0. The van der Waals surface area contributed by atoms with Crippen LogP contribution in [0.1, 0.15) is 31.7 Å². The van der Waals surface area contributed by atoms with Crippen LogP contribution in [0.3, 0.4) is 0 Å². The molecule has 0 aliphatic carbocycles. The first-order chi connectivity index (χ1) is 7.66. The molecular weight excluding hydrogens is 268 g/mol. The van der Waals surface area contributed by atoms with E-state index in [-0.39, 0.29) is 6.10 Å². The Labute approximate surface area is 105 Å². The van der Waals surface area contributed by atoms with Crippen molar-refractivity contribution in [3.8, 4) is 5.75 Å². The molecule has 0 spiro atoms. The van der Waals surface area contributed by atoms with E-state index in [1.54, 1.807) is 0 Å². The number of benzene rings is 1. The summed E-state index contributed by atoms with van der Waals surface area (Å²) in [6.07, 6.45) is 1.21. The number of hydrogen-bond acceptors (Lipinski definition) is 2. The van der Waals surface area contributed by atoms with Gasteiger partial charge in [-0.2, -0.15) is 0 Å². The van der Waals surface area contributed by atoms with Gasteiger partial charge in [0.15, 0.2) is 0 Å². The molecule has 3 heteroatoms. The van der Waals surface area contributed by atoms with E-state index in [0.717, 1.165) is 23.2 Å². The Balaban J connectivity index is 2.18. The maximum atomic E-state index is 5.98. The Morgan fingerprint density at radius 1 is 1.44 bits per heavy atom. The molecule has 88 valence electrons. The normalized spacial score (nSPS) is 20.4. The topological polar surface area (TPSA) is 18.5 Å². The average molecular weight is 285 g/mol. The zero-order valence-corrected chi connectivity index (χ0v) is 11.3. The summed E-state index contributed by atoms with van der Waals surface area (Å²) in [5, 5.41) is 0. The molecule has 0 saturated carbocycles. The molecule has 1 heterocycles. The van der Waals surface area contributed by atoms with E-state index in [4.69, 9.17) is 9.47 Å². The van der Waals surface area contributed by atoms with Crippen LogP contribution in [0.25, 0.3) is 0 Å². The lowest BCUT2D eigenvalue weighted by molar-refractivity contribution is 0.140. The Bertz CT molecular complexity index is 357. The Kier molecular flexibility index (Phi) is 3.87. The highest BCUT2D eigenvalue weighted by Gasteiger charge is 2.19. The first kappa shape index (κ1) is 11.9. The van der Waals surface area contributed by atoms with Crippen molar-refractivity contribution in [1.82, 2.24) is 0 Å². The second kappa shape index (κ2) is 5.19. The fourth-order valence-electron chi connectivity index (χ4n) is 1.86. The maximum Gasteiger partial charge on any atom is 0.124 e. The smallest absolute Gasteiger partial charge is 0.124 e. The second-order valence-electron chi connectivity index (χ2n) is 4.44. The maximum absolute atomic E-state index is 5.98. The Morgan fingerprint density at radius 3 is 2.88 bits per heavy atom. The van der Waals surface area contributed by atoms with Crippen LogP contribution in [0.5, 0.6) is 5.75 Å². The summed E-state index contributed by atoms with van der Waals surface area (Å²) in [5.41, 5.74) is 1.25. The van der Waals surface area contributed by atoms with E-state index >= 15 is 0 Å². The molecular formula is C13H17BrO2. The highest BCUT2D eigenvalue weighted by Crippen LogP contribution is 2.31. The van der Waals surface area contributed by atoms with Gasteiger partial charge in [-0.3, -0.25) is 0 Å². The molecule has 1 aliphatic heterocycles.